The van der Waals surface area contributed by atoms with Crippen LogP contribution in [0.25, 0.3) is 0 Å². The summed E-state index contributed by atoms with van der Waals surface area (Å²) in [6.07, 6.45) is 1.68. The molecule has 0 spiro atoms. The van der Waals surface area contributed by atoms with Gasteiger partial charge in [0.25, 0.3) is 0 Å². The smallest absolute Gasteiger partial charge is 0.142 e. The van der Waals surface area contributed by atoms with E-state index >= 15 is 0 Å². The summed E-state index contributed by atoms with van der Waals surface area (Å²) in [4.78, 5) is 5.21. The van der Waals surface area contributed by atoms with Gasteiger partial charge in [0.05, 0.1) is 6.21 Å². The lowest BCUT2D eigenvalue weighted by Crippen LogP contribution is -1.88. The van der Waals surface area contributed by atoms with Crippen molar-refractivity contribution in [2.45, 2.75) is 6.61 Å². The van der Waals surface area contributed by atoms with Gasteiger partial charge in [-0.05, 0) is 35.4 Å². The van der Waals surface area contributed by atoms with Crippen LogP contribution >= 0.6 is 27.5 Å². The van der Waals surface area contributed by atoms with Gasteiger partial charge >= 0.3 is 0 Å². The molecule has 0 heterocycles. The number of nitrogens with zero attached hydrogens (tertiary/aromatic N) is 1. The second-order valence-corrected chi connectivity index (χ2v) is 5.04. The Kier molecular flexibility index (Phi) is 4.79. The molecular formula is C14H11BrClNO. The lowest BCUT2D eigenvalue weighted by molar-refractivity contribution is 0.132. The van der Waals surface area contributed by atoms with Crippen molar-refractivity contribution in [3.05, 3.63) is 69.2 Å². The predicted molar refractivity (Wildman–Crippen MR) is 78.0 cm³/mol. The molecule has 18 heavy (non-hydrogen) atoms. The Balaban J connectivity index is 1.87. The molecule has 0 radical (unpaired) electrons. The highest BCUT2D eigenvalue weighted by molar-refractivity contribution is 9.10. The number of benzene rings is 2. The summed E-state index contributed by atoms with van der Waals surface area (Å²) in [5.41, 5.74) is 2.02. The van der Waals surface area contributed by atoms with Crippen LogP contribution in [0.4, 0.5) is 0 Å². The van der Waals surface area contributed by atoms with Crippen molar-refractivity contribution in [1.82, 2.24) is 0 Å². The highest BCUT2D eigenvalue weighted by atomic mass is 79.9. The highest BCUT2D eigenvalue weighted by Gasteiger charge is 1.93. The molecule has 0 amide bonds. The molecule has 2 rings (SSSR count). The third kappa shape index (κ3) is 4.17. The summed E-state index contributed by atoms with van der Waals surface area (Å²) in [6.45, 7) is 0.432. The second-order valence-electron chi connectivity index (χ2n) is 3.69. The zero-order valence-corrected chi connectivity index (χ0v) is 11.9. The zero-order chi connectivity index (χ0) is 12.8. The van der Waals surface area contributed by atoms with Gasteiger partial charge in [-0.25, -0.2) is 0 Å². The molecule has 0 saturated heterocycles. The van der Waals surface area contributed by atoms with E-state index in [4.69, 9.17) is 16.4 Å². The number of oxime groups is 1. The summed E-state index contributed by atoms with van der Waals surface area (Å²) in [7, 11) is 0. The maximum atomic E-state index is 5.79. The van der Waals surface area contributed by atoms with Crippen LogP contribution < -0.4 is 0 Å². The minimum atomic E-state index is 0.432. The van der Waals surface area contributed by atoms with Crippen LogP contribution in [0.15, 0.2) is 58.2 Å². The number of hydrogen-bond acceptors (Lipinski definition) is 2. The van der Waals surface area contributed by atoms with E-state index in [1.165, 1.54) is 0 Å². The van der Waals surface area contributed by atoms with Crippen LogP contribution in [-0.2, 0) is 11.4 Å². The van der Waals surface area contributed by atoms with E-state index in [0.29, 0.717) is 6.61 Å². The van der Waals surface area contributed by atoms with Gasteiger partial charge in [-0.1, -0.05) is 57.0 Å². The SMILES string of the molecule is Clc1ccc(CON=Cc2cccc(Br)c2)cc1. The quantitative estimate of drug-likeness (QED) is 0.592. The summed E-state index contributed by atoms with van der Waals surface area (Å²) < 4.78 is 1.02. The minimum Gasteiger partial charge on any atom is -0.391 e. The van der Waals surface area contributed by atoms with Gasteiger partial charge in [-0.3, -0.25) is 0 Å². The highest BCUT2D eigenvalue weighted by Crippen LogP contribution is 2.11. The largest absolute Gasteiger partial charge is 0.391 e. The van der Waals surface area contributed by atoms with Gasteiger partial charge in [0, 0.05) is 9.50 Å². The lowest BCUT2D eigenvalue weighted by Gasteiger charge is -1.99. The maximum Gasteiger partial charge on any atom is 0.142 e. The van der Waals surface area contributed by atoms with Crippen molar-refractivity contribution < 1.29 is 4.84 Å². The Bertz CT molecular complexity index is 540. The topological polar surface area (TPSA) is 21.6 Å². The molecule has 0 aliphatic heterocycles. The number of halogens is 2. The van der Waals surface area contributed by atoms with Crippen molar-refractivity contribution in [3.63, 3.8) is 0 Å². The third-order valence-corrected chi connectivity index (χ3v) is 3.01. The average molecular weight is 325 g/mol. The van der Waals surface area contributed by atoms with Crippen molar-refractivity contribution in [2.24, 2.45) is 5.16 Å². The molecule has 2 aromatic carbocycles. The first-order valence-corrected chi connectivity index (χ1v) is 6.56. The van der Waals surface area contributed by atoms with Gasteiger partial charge in [-0.2, -0.15) is 0 Å². The fraction of sp³-hybridized carbons (Fsp3) is 0.0714. The van der Waals surface area contributed by atoms with E-state index in [1.807, 2.05) is 48.5 Å². The number of rotatable bonds is 4. The van der Waals surface area contributed by atoms with Crippen LogP contribution in [0.1, 0.15) is 11.1 Å². The Labute approximate surface area is 119 Å². The summed E-state index contributed by atoms with van der Waals surface area (Å²) in [5, 5.41) is 4.64. The summed E-state index contributed by atoms with van der Waals surface area (Å²) in [6, 6.07) is 15.3. The normalized spacial score (nSPS) is 10.8. The molecule has 0 saturated carbocycles. The molecule has 2 aromatic rings. The third-order valence-electron chi connectivity index (χ3n) is 2.27. The Hall–Kier alpha value is -1.32. The summed E-state index contributed by atoms with van der Waals surface area (Å²) in [5.74, 6) is 0. The first-order valence-electron chi connectivity index (χ1n) is 5.39. The standard InChI is InChI=1S/C14H11BrClNO/c15-13-3-1-2-12(8-13)9-17-18-10-11-4-6-14(16)7-5-11/h1-9H,10H2. The fourth-order valence-corrected chi connectivity index (χ4v) is 1.92. The monoisotopic (exact) mass is 323 g/mol. The predicted octanol–water partition coefficient (Wildman–Crippen LogP) is 4.65. The van der Waals surface area contributed by atoms with Gasteiger partial charge in [0.15, 0.2) is 0 Å². The van der Waals surface area contributed by atoms with Gasteiger partial charge in [0.2, 0.25) is 0 Å². The van der Waals surface area contributed by atoms with Crippen LogP contribution in [0.2, 0.25) is 5.02 Å². The first-order chi connectivity index (χ1) is 8.74. The van der Waals surface area contributed by atoms with Crippen molar-refractivity contribution in [1.29, 1.82) is 0 Å². The summed E-state index contributed by atoms with van der Waals surface area (Å²) >= 11 is 9.19. The van der Waals surface area contributed by atoms with Crippen LogP contribution in [-0.4, -0.2) is 6.21 Å². The van der Waals surface area contributed by atoms with E-state index in [9.17, 15) is 0 Å². The fourth-order valence-electron chi connectivity index (χ4n) is 1.38. The average Bonchev–Trinajstić information content (AvgIpc) is 2.37. The molecule has 0 atom stereocenters. The molecule has 0 bridgehead atoms. The minimum absolute atomic E-state index is 0.432. The molecule has 0 aromatic heterocycles. The van der Waals surface area contributed by atoms with E-state index in [1.54, 1.807) is 6.21 Å². The van der Waals surface area contributed by atoms with Crippen molar-refractivity contribution in [3.8, 4) is 0 Å². The van der Waals surface area contributed by atoms with Crippen molar-refractivity contribution in [2.75, 3.05) is 0 Å². The zero-order valence-electron chi connectivity index (χ0n) is 9.51. The molecule has 0 aliphatic carbocycles. The molecule has 4 heteroatoms. The van der Waals surface area contributed by atoms with E-state index < -0.39 is 0 Å². The van der Waals surface area contributed by atoms with E-state index in [-0.39, 0.29) is 0 Å². The molecular weight excluding hydrogens is 314 g/mol. The maximum absolute atomic E-state index is 5.79. The molecule has 0 aliphatic rings. The molecule has 0 N–H and O–H groups in total. The van der Waals surface area contributed by atoms with E-state index in [2.05, 4.69) is 21.1 Å². The lowest BCUT2D eigenvalue weighted by atomic mass is 10.2. The molecule has 2 nitrogen and oxygen atoms in total. The van der Waals surface area contributed by atoms with Gasteiger partial charge in [0.1, 0.15) is 6.61 Å². The van der Waals surface area contributed by atoms with Gasteiger partial charge < -0.3 is 4.84 Å². The molecule has 0 unspecified atom stereocenters. The molecule has 0 fully saturated rings. The second kappa shape index (κ2) is 6.57. The van der Waals surface area contributed by atoms with Gasteiger partial charge in [-0.15, -0.1) is 0 Å². The Morgan fingerprint density at radius 1 is 1.17 bits per heavy atom. The number of hydrogen-bond donors (Lipinski definition) is 0. The first kappa shape index (κ1) is 13.1. The van der Waals surface area contributed by atoms with Crippen LogP contribution in [0.3, 0.4) is 0 Å². The van der Waals surface area contributed by atoms with Crippen molar-refractivity contribution >= 4 is 33.7 Å². The van der Waals surface area contributed by atoms with Crippen LogP contribution in [0.5, 0.6) is 0 Å². The Morgan fingerprint density at radius 2 is 1.94 bits per heavy atom. The van der Waals surface area contributed by atoms with Crippen LogP contribution in [0, 0.1) is 0 Å². The van der Waals surface area contributed by atoms with E-state index in [0.717, 1.165) is 20.6 Å². The molecule has 92 valence electrons. The Morgan fingerprint density at radius 3 is 2.67 bits per heavy atom.